The van der Waals surface area contributed by atoms with E-state index in [4.69, 9.17) is 4.74 Å². The molecule has 0 amide bonds. The largest absolute Gasteiger partial charge is 0.431 e. The van der Waals surface area contributed by atoms with Gasteiger partial charge in [0, 0.05) is 16.6 Å². The van der Waals surface area contributed by atoms with Crippen molar-refractivity contribution in [1.29, 1.82) is 0 Å². The Morgan fingerprint density at radius 3 is 2.62 bits per heavy atom. The van der Waals surface area contributed by atoms with Gasteiger partial charge in [-0.05, 0) is 39.8 Å². The second-order valence-corrected chi connectivity index (χ2v) is 6.89. The number of nitrogens with one attached hydrogen (secondary N) is 1. The number of rotatable bonds is 4. The van der Waals surface area contributed by atoms with Crippen molar-refractivity contribution in [3.8, 4) is 11.6 Å². The van der Waals surface area contributed by atoms with E-state index < -0.39 is 10.5 Å². The summed E-state index contributed by atoms with van der Waals surface area (Å²) in [7, 11) is 0. The lowest BCUT2D eigenvalue weighted by Crippen LogP contribution is -2.27. The average molecular weight is 353 g/mol. The highest BCUT2D eigenvalue weighted by Gasteiger charge is 2.28. The van der Waals surface area contributed by atoms with E-state index in [1.54, 1.807) is 12.1 Å². The number of nitrogens with zero attached hydrogens (tertiary/aromatic N) is 4. The van der Waals surface area contributed by atoms with Crippen molar-refractivity contribution < 1.29 is 9.66 Å². The Kier molecular flexibility index (Phi) is 4.41. The van der Waals surface area contributed by atoms with Gasteiger partial charge in [-0.15, -0.1) is 0 Å². The molecule has 0 fully saturated rings. The Morgan fingerprint density at radius 2 is 1.92 bits per heavy atom. The Morgan fingerprint density at radius 1 is 1.15 bits per heavy atom. The zero-order valence-corrected chi connectivity index (χ0v) is 15.0. The average Bonchev–Trinajstić information content (AvgIpc) is 2.54. The van der Waals surface area contributed by atoms with E-state index in [-0.39, 0.29) is 17.4 Å². The molecule has 2 heterocycles. The summed E-state index contributed by atoms with van der Waals surface area (Å²) in [6.07, 6.45) is 1.24. The van der Waals surface area contributed by atoms with Gasteiger partial charge in [0.25, 0.3) is 0 Å². The van der Waals surface area contributed by atoms with Gasteiger partial charge in [0.2, 0.25) is 5.82 Å². The smallest absolute Gasteiger partial charge is 0.373 e. The predicted octanol–water partition coefficient (Wildman–Crippen LogP) is 4.24. The van der Waals surface area contributed by atoms with Crippen LogP contribution in [-0.2, 0) is 0 Å². The van der Waals surface area contributed by atoms with Crippen LogP contribution in [0.25, 0.3) is 10.9 Å². The van der Waals surface area contributed by atoms with Crippen LogP contribution in [0.15, 0.2) is 36.7 Å². The molecule has 1 N–H and O–H groups in total. The summed E-state index contributed by atoms with van der Waals surface area (Å²) in [6, 6.07) is 9.22. The first kappa shape index (κ1) is 17.5. The minimum Gasteiger partial charge on any atom is -0.431 e. The van der Waals surface area contributed by atoms with Gasteiger partial charge in [-0.3, -0.25) is 10.1 Å². The van der Waals surface area contributed by atoms with Crippen molar-refractivity contribution in [2.24, 2.45) is 0 Å². The van der Waals surface area contributed by atoms with Gasteiger partial charge in [0.15, 0.2) is 5.75 Å². The maximum Gasteiger partial charge on any atom is 0.373 e. The molecule has 26 heavy (non-hydrogen) atoms. The van der Waals surface area contributed by atoms with Crippen LogP contribution in [0.1, 0.15) is 26.5 Å². The first-order chi connectivity index (χ1) is 12.2. The molecule has 8 heteroatoms. The monoisotopic (exact) mass is 353 g/mol. The molecule has 0 radical (unpaired) electrons. The van der Waals surface area contributed by atoms with Crippen molar-refractivity contribution >= 4 is 22.4 Å². The Hall–Kier alpha value is -3.29. The zero-order valence-electron chi connectivity index (χ0n) is 15.0. The zero-order chi connectivity index (χ0) is 18.9. The molecule has 0 bridgehead atoms. The summed E-state index contributed by atoms with van der Waals surface area (Å²) in [5, 5.41) is 15.5. The lowest BCUT2D eigenvalue weighted by molar-refractivity contribution is -0.385. The molecule has 0 saturated carbocycles. The second-order valence-electron chi connectivity index (χ2n) is 6.89. The molecule has 0 saturated heterocycles. The molecule has 0 aliphatic heterocycles. The van der Waals surface area contributed by atoms with Crippen LogP contribution < -0.4 is 10.1 Å². The maximum atomic E-state index is 11.6. The highest BCUT2D eigenvalue weighted by atomic mass is 16.6. The molecule has 3 aromatic rings. The number of hydrogen-bond donors (Lipinski definition) is 1. The molecule has 134 valence electrons. The second kappa shape index (κ2) is 6.55. The number of anilines is 1. The number of ether oxygens (including phenoxy) is 1. The number of para-hydroxylation sites is 1. The topological polar surface area (TPSA) is 103 Å². The third kappa shape index (κ3) is 3.69. The molecule has 0 atom stereocenters. The van der Waals surface area contributed by atoms with Crippen LogP contribution in [0.4, 0.5) is 11.5 Å². The molecule has 0 aliphatic rings. The lowest BCUT2D eigenvalue weighted by atomic mass is 10.1. The predicted molar refractivity (Wildman–Crippen MR) is 98.6 cm³/mol. The van der Waals surface area contributed by atoms with Crippen molar-refractivity contribution in [2.45, 2.75) is 33.2 Å². The number of fused-ring (bicyclic) bond motifs is 1. The van der Waals surface area contributed by atoms with Crippen LogP contribution in [-0.4, -0.2) is 25.4 Å². The third-order valence-electron chi connectivity index (χ3n) is 3.49. The quantitative estimate of drug-likeness (QED) is 0.552. The van der Waals surface area contributed by atoms with E-state index in [2.05, 4.69) is 20.3 Å². The Labute approximate surface area is 150 Å². The molecular weight excluding hydrogens is 334 g/mol. The molecule has 0 aliphatic carbocycles. The molecule has 0 spiro atoms. The fourth-order valence-electron chi connectivity index (χ4n) is 2.45. The molecule has 1 aromatic carbocycles. The summed E-state index contributed by atoms with van der Waals surface area (Å²) in [6.45, 7) is 7.53. The molecule has 8 nitrogen and oxygen atoms in total. The molecule has 0 unspecified atom stereocenters. The molecule has 2 aromatic heterocycles. The molecule has 3 rings (SSSR count). The van der Waals surface area contributed by atoms with Gasteiger partial charge >= 0.3 is 11.6 Å². The van der Waals surface area contributed by atoms with Crippen molar-refractivity contribution in [3.63, 3.8) is 0 Å². The van der Waals surface area contributed by atoms with Gasteiger partial charge in [0.1, 0.15) is 11.8 Å². The Balaban J connectivity index is 2.10. The third-order valence-corrected chi connectivity index (χ3v) is 3.49. The maximum absolute atomic E-state index is 11.6. The highest BCUT2D eigenvalue weighted by Crippen LogP contribution is 2.37. The minimum atomic E-state index is -0.548. The van der Waals surface area contributed by atoms with E-state index >= 15 is 0 Å². The summed E-state index contributed by atoms with van der Waals surface area (Å²) in [5.74, 6) is 0.374. The van der Waals surface area contributed by atoms with Crippen LogP contribution in [0.3, 0.4) is 0 Å². The van der Waals surface area contributed by atoms with Gasteiger partial charge in [-0.2, -0.15) is 4.98 Å². The first-order valence-electron chi connectivity index (χ1n) is 8.06. The molecular formula is C18H19N5O3. The fourth-order valence-corrected chi connectivity index (χ4v) is 2.45. The fraction of sp³-hybridized carbons (Fsp3) is 0.278. The van der Waals surface area contributed by atoms with Crippen molar-refractivity contribution in [2.75, 3.05) is 5.32 Å². The van der Waals surface area contributed by atoms with Gasteiger partial charge in [-0.25, -0.2) is 9.97 Å². The van der Waals surface area contributed by atoms with Crippen LogP contribution >= 0.6 is 0 Å². The number of aromatic nitrogens is 3. The number of pyridine rings is 1. The number of aryl methyl sites for hydroxylation is 1. The highest BCUT2D eigenvalue weighted by molar-refractivity contribution is 5.85. The SMILES string of the molecule is Cc1ccc2cccc(Oc3ncnc(NC(C)(C)C)c3[N+](=O)[O-])c2n1. The number of benzene rings is 1. The summed E-state index contributed by atoms with van der Waals surface area (Å²) in [4.78, 5) is 23.5. The van der Waals surface area contributed by atoms with E-state index in [0.717, 1.165) is 11.1 Å². The van der Waals surface area contributed by atoms with Crippen LogP contribution in [0.2, 0.25) is 0 Å². The van der Waals surface area contributed by atoms with Gasteiger partial charge < -0.3 is 10.1 Å². The minimum absolute atomic E-state index is 0.108. The van der Waals surface area contributed by atoms with Crippen molar-refractivity contribution in [1.82, 2.24) is 15.0 Å². The van der Waals surface area contributed by atoms with E-state index in [1.165, 1.54) is 6.33 Å². The van der Waals surface area contributed by atoms with E-state index in [9.17, 15) is 10.1 Å². The van der Waals surface area contributed by atoms with Gasteiger partial charge in [0.05, 0.1) is 4.92 Å². The van der Waals surface area contributed by atoms with Crippen LogP contribution in [0, 0.1) is 17.0 Å². The summed E-state index contributed by atoms with van der Waals surface area (Å²) < 4.78 is 5.80. The first-order valence-corrected chi connectivity index (χ1v) is 8.06. The van der Waals surface area contributed by atoms with E-state index in [0.29, 0.717) is 11.3 Å². The van der Waals surface area contributed by atoms with Crippen LogP contribution in [0.5, 0.6) is 11.6 Å². The normalized spacial score (nSPS) is 11.4. The number of hydrogen-bond acceptors (Lipinski definition) is 7. The van der Waals surface area contributed by atoms with Crippen molar-refractivity contribution in [3.05, 3.63) is 52.5 Å². The summed E-state index contributed by atoms with van der Waals surface area (Å²) >= 11 is 0. The standard InChI is InChI=1S/C18H19N5O3/c1-11-8-9-12-6-5-7-13(14(12)21-11)26-17-15(23(24)25)16(19-10-20-17)22-18(2,3)4/h5-10H,1-4H3,(H,19,20,22). The Bertz CT molecular complexity index is 982. The summed E-state index contributed by atoms with van der Waals surface area (Å²) in [5.41, 5.74) is 0.716. The van der Waals surface area contributed by atoms with Gasteiger partial charge in [-0.1, -0.05) is 18.2 Å². The van der Waals surface area contributed by atoms with E-state index in [1.807, 2.05) is 45.9 Å². The lowest BCUT2D eigenvalue weighted by Gasteiger charge is -2.21. The number of nitro groups is 1.